The van der Waals surface area contributed by atoms with E-state index in [0.29, 0.717) is 11.3 Å². The van der Waals surface area contributed by atoms with Crippen molar-refractivity contribution in [1.82, 2.24) is 0 Å². The maximum absolute atomic E-state index is 12.2. The van der Waals surface area contributed by atoms with Crippen molar-refractivity contribution in [2.75, 3.05) is 5.32 Å². The zero-order valence-electron chi connectivity index (χ0n) is 12.8. The fraction of sp³-hybridized carbons (Fsp3) is 0.125. The van der Waals surface area contributed by atoms with Crippen LogP contribution in [0, 0.1) is 21.4 Å². The lowest BCUT2D eigenvalue weighted by molar-refractivity contribution is -0.384. The average Bonchev–Trinajstić information content (AvgIpc) is 2.56. The molecule has 0 spiro atoms. The first kappa shape index (κ1) is 18.5. The number of amides is 1. The highest BCUT2D eigenvalue weighted by Crippen LogP contribution is 2.29. The van der Waals surface area contributed by atoms with Crippen LogP contribution >= 0.6 is 23.2 Å². The van der Waals surface area contributed by atoms with E-state index in [1.54, 1.807) is 0 Å². The van der Waals surface area contributed by atoms with Gasteiger partial charge < -0.3 is 10.1 Å². The van der Waals surface area contributed by atoms with Crippen LogP contribution in [-0.4, -0.2) is 16.9 Å². The van der Waals surface area contributed by atoms with Crippen LogP contribution in [0.15, 0.2) is 36.4 Å². The molecule has 7 nitrogen and oxygen atoms in total. The van der Waals surface area contributed by atoms with Gasteiger partial charge in [-0.3, -0.25) is 14.9 Å². The summed E-state index contributed by atoms with van der Waals surface area (Å²) in [5.74, 6) is -0.331. The molecule has 0 aliphatic rings. The van der Waals surface area contributed by atoms with E-state index in [4.69, 9.17) is 33.2 Å². The monoisotopic (exact) mass is 379 g/mol. The SMILES string of the molecule is C[C@H](Oc1ccc([N+](=O)[O-])cc1Cl)C(=O)Nc1ccc(C#N)c(Cl)c1. The van der Waals surface area contributed by atoms with E-state index in [1.165, 1.54) is 37.3 Å². The minimum Gasteiger partial charge on any atom is -0.479 e. The summed E-state index contributed by atoms with van der Waals surface area (Å²) >= 11 is 11.8. The smallest absolute Gasteiger partial charge is 0.271 e. The molecule has 2 rings (SSSR count). The third kappa shape index (κ3) is 4.59. The molecule has 0 saturated carbocycles. The molecule has 1 N–H and O–H groups in total. The van der Waals surface area contributed by atoms with Crippen LogP contribution in [0.2, 0.25) is 10.0 Å². The molecular weight excluding hydrogens is 369 g/mol. The number of nitro groups is 1. The van der Waals surface area contributed by atoms with Gasteiger partial charge in [-0.15, -0.1) is 0 Å². The summed E-state index contributed by atoms with van der Waals surface area (Å²) in [5.41, 5.74) is 0.516. The van der Waals surface area contributed by atoms with E-state index in [9.17, 15) is 14.9 Å². The molecule has 0 radical (unpaired) electrons. The normalized spacial score (nSPS) is 11.3. The Morgan fingerprint density at radius 3 is 2.56 bits per heavy atom. The molecule has 0 aliphatic carbocycles. The molecule has 0 aromatic heterocycles. The van der Waals surface area contributed by atoms with Crippen molar-refractivity contribution in [2.24, 2.45) is 0 Å². The number of nitro benzene ring substituents is 1. The van der Waals surface area contributed by atoms with Gasteiger partial charge in [0, 0.05) is 17.8 Å². The molecule has 0 aliphatic heterocycles. The zero-order valence-corrected chi connectivity index (χ0v) is 14.3. The molecule has 0 bridgehead atoms. The van der Waals surface area contributed by atoms with Gasteiger partial charge in [-0.1, -0.05) is 23.2 Å². The van der Waals surface area contributed by atoms with E-state index in [-0.39, 0.29) is 21.5 Å². The van der Waals surface area contributed by atoms with Gasteiger partial charge >= 0.3 is 0 Å². The second kappa shape index (κ2) is 7.83. The Hall–Kier alpha value is -2.82. The Kier molecular flexibility index (Phi) is 5.80. The minimum atomic E-state index is -0.923. The van der Waals surface area contributed by atoms with Crippen molar-refractivity contribution < 1.29 is 14.5 Å². The van der Waals surface area contributed by atoms with Gasteiger partial charge in [0.2, 0.25) is 0 Å². The lowest BCUT2D eigenvalue weighted by Crippen LogP contribution is -2.30. The summed E-state index contributed by atoms with van der Waals surface area (Å²) in [6, 6.07) is 10.1. The first-order chi connectivity index (χ1) is 11.8. The van der Waals surface area contributed by atoms with Gasteiger partial charge in [0.1, 0.15) is 11.8 Å². The number of nitrogens with one attached hydrogen (secondary N) is 1. The molecule has 9 heteroatoms. The highest BCUT2D eigenvalue weighted by Gasteiger charge is 2.18. The van der Waals surface area contributed by atoms with Crippen LogP contribution in [0.4, 0.5) is 11.4 Å². The Bertz CT molecular complexity index is 880. The first-order valence-corrected chi connectivity index (χ1v) is 7.68. The third-order valence-corrected chi connectivity index (χ3v) is 3.76. The molecule has 128 valence electrons. The second-order valence-electron chi connectivity index (χ2n) is 4.93. The number of benzene rings is 2. The van der Waals surface area contributed by atoms with Crippen LogP contribution in [0.1, 0.15) is 12.5 Å². The highest BCUT2D eigenvalue weighted by atomic mass is 35.5. The maximum Gasteiger partial charge on any atom is 0.271 e. The summed E-state index contributed by atoms with van der Waals surface area (Å²) in [5, 5.41) is 22.3. The lowest BCUT2D eigenvalue weighted by atomic mass is 10.2. The summed E-state index contributed by atoms with van der Waals surface area (Å²) < 4.78 is 5.44. The van der Waals surface area contributed by atoms with E-state index in [2.05, 4.69) is 5.32 Å². The van der Waals surface area contributed by atoms with Crippen molar-refractivity contribution in [3.8, 4) is 11.8 Å². The first-order valence-electron chi connectivity index (χ1n) is 6.93. The molecule has 2 aromatic carbocycles. The highest BCUT2D eigenvalue weighted by molar-refractivity contribution is 6.32. The Morgan fingerprint density at radius 1 is 1.28 bits per heavy atom. The van der Waals surface area contributed by atoms with Crippen LogP contribution in [0.25, 0.3) is 0 Å². The number of carbonyl (C=O) groups is 1. The van der Waals surface area contributed by atoms with E-state index in [1.807, 2.05) is 6.07 Å². The fourth-order valence-corrected chi connectivity index (χ4v) is 2.31. The van der Waals surface area contributed by atoms with Crippen LogP contribution < -0.4 is 10.1 Å². The van der Waals surface area contributed by atoms with Gasteiger partial charge in [-0.05, 0) is 31.2 Å². The van der Waals surface area contributed by atoms with Gasteiger partial charge in [-0.25, -0.2) is 0 Å². The maximum atomic E-state index is 12.2. The van der Waals surface area contributed by atoms with Crippen molar-refractivity contribution in [2.45, 2.75) is 13.0 Å². The average molecular weight is 380 g/mol. The zero-order chi connectivity index (χ0) is 18.6. The van der Waals surface area contributed by atoms with E-state index < -0.39 is 16.9 Å². The summed E-state index contributed by atoms with van der Waals surface area (Å²) in [6.45, 7) is 1.50. The van der Waals surface area contributed by atoms with Crippen LogP contribution in [-0.2, 0) is 4.79 Å². The third-order valence-electron chi connectivity index (χ3n) is 3.16. The van der Waals surface area contributed by atoms with Crippen molar-refractivity contribution in [3.05, 3.63) is 62.1 Å². The Labute approximate surface area is 152 Å². The summed E-state index contributed by atoms with van der Waals surface area (Å²) in [7, 11) is 0. The number of nitriles is 1. The van der Waals surface area contributed by atoms with E-state index in [0.717, 1.165) is 6.07 Å². The van der Waals surface area contributed by atoms with Gasteiger partial charge in [0.05, 0.1) is 20.5 Å². The van der Waals surface area contributed by atoms with E-state index >= 15 is 0 Å². The Balaban J connectivity index is 2.07. The molecule has 0 fully saturated rings. The quantitative estimate of drug-likeness (QED) is 0.619. The topological polar surface area (TPSA) is 105 Å². The number of halogens is 2. The van der Waals surface area contributed by atoms with Crippen molar-refractivity contribution in [1.29, 1.82) is 5.26 Å². The molecular formula is C16H11Cl2N3O4. The van der Waals surface area contributed by atoms with Gasteiger partial charge in [-0.2, -0.15) is 5.26 Å². The number of hydrogen-bond acceptors (Lipinski definition) is 5. The molecule has 2 aromatic rings. The molecule has 25 heavy (non-hydrogen) atoms. The summed E-state index contributed by atoms with van der Waals surface area (Å²) in [6.07, 6.45) is -0.923. The number of carbonyl (C=O) groups excluding carboxylic acids is 1. The van der Waals surface area contributed by atoms with Gasteiger partial charge in [0.25, 0.3) is 11.6 Å². The Morgan fingerprint density at radius 2 is 2.00 bits per heavy atom. The largest absolute Gasteiger partial charge is 0.479 e. The molecule has 0 heterocycles. The predicted molar refractivity (Wildman–Crippen MR) is 93.0 cm³/mol. The molecule has 1 amide bonds. The molecule has 1 atom stereocenters. The number of hydrogen-bond donors (Lipinski definition) is 1. The number of non-ortho nitro benzene ring substituents is 1. The van der Waals surface area contributed by atoms with Crippen LogP contribution in [0.5, 0.6) is 5.75 Å². The minimum absolute atomic E-state index is 0.0234. The standard InChI is InChI=1S/C16H11Cl2N3O4/c1-9(25-15-5-4-12(21(23)24)7-14(15)18)16(22)20-11-3-2-10(8-19)13(17)6-11/h2-7,9H,1H3,(H,20,22)/t9-/m0/s1. The predicted octanol–water partition coefficient (Wildman–Crippen LogP) is 4.18. The second-order valence-corrected chi connectivity index (χ2v) is 5.74. The summed E-state index contributed by atoms with van der Waals surface area (Å²) in [4.78, 5) is 22.3. The lowest BCUT2D eigenvalue weighted by Gasteiger charge is -2.15. The van der Waals surface area contributed by atoms with Crippen molar-refractivity contribution in [3.63, 3.8) is 0 Å². The molecule has 0 unspecified atom stereocenters. The number of rotatable bonds is 5. The number of nitrogens with zero attached hydrogens (tertiary/aromatic N) is 2. The number of anilines is 1. The number of ether oxygens (including phenoxy) is 1. The molecule has 0 saturated heterocycles. The van der Waals surface area contributed by atoms with Crippen LogP contribution in [0.3, 0.4) is 0 Å². The van der Waals surface area contributed by atoms with Gasteiger partial charge in [0.15, 0.2) is 6.10 Å². The fourth-order valence-electron chi connectivity index (χ4n) is 1.87. The van der Waals surface area contributed by atoms with Crippen molar-refractivity contribution >= 4 is 40.5 Å².